The van der Waals surface area contributed by atoms with Crippen LogP contribution in [-0.4, -0.2) is 48.7 Å². The van der Waals surface area contributed by atoms with Crippen LogP contribution in [0.15, 0.2) is 59.6 Å². The first-order chi connectivity index (χ1) is 13.9. The van der Waals surface area contributed by atoms with E-state index in [-0.39, 0.29) is 29.4 Å². The second kappa shape index (κ2) is 8.32. The van der Waals surface area contributed by atoms with Crippen molar-refractivity contribution < 1.29 is 13.2 Å². The van der Waals surface area contributed by atoms with Crippen LogP contribution in [0.3, 0.4) is 0 Å². The van der Waals surface area contributed by atoms with E-state index in [0.717, 1.165) is 29.4 Å². The molecule has 0 saturated carbocycles. The quantitative estimate of drug-likeness (QED) is 0.520. The number of ketones is 1. The van der Waals surface area contributed by atoms with Crippen molar-refractivity contribution >= 4 is 38.2 Å². The van der Waals surface area contributed by atoms with Crippen LogP contribution in [0, 0.1) is 0 Å². The molecule has 1 fully saturated rings. The summed E-state index contributed by atoms with van der Waals surface area (Å²) in [6, 6.07) is 17.4. The number of hydrogen-bond donors (Lipinski definition) is 0. The molecular formula is C22H24N2O3S2. The molecule has 152 valence electrons. The highest BCUT2D eigenvalue weighted by atomic mass is 32.2. The summed E-state index contributed by atoms with van der Waals surface area (Å²) in [5.41, 5.74) is 2.78. The summed E-state index contributed by atoms with van der Waals surface area (Å²) in [4.78, 5) is 18.6. The van der Waals surface area contributed by atoms with Crippen LogP contribution in [-0.2, 0) is 16.3 Å². The van der Waals surface area contributed by atoms with Crippen LogP contribution in [0.1, 0.15) is 29.3 Å². The first kappa shape index (κ1) is 20.2. The number of sulfone groups is 1. The van der Waals surface area contributed by atoms with Gasteiger partial charge in [-0.3, -0.25) is 9.79 Å². The number of aliphatic imine (C=N–C) groups is 1. The molecule has 0 aliphatic carbocycles. The van der Waals surface area contributed by atoms with Crippen molar-refractivity contribution in [2.24, 2.45) is 4.99 Å². The molecule has 2 aliphatic heterocycles. The normalized spacial score (nSPS) is 22.4. The molecule has 0 unspecified atom stereocenters. The molecule has 2 aliphatic rings. The average Bonchev–Trinajstić information content (AvgIpc) is 3.17. The van der Waals surface area contributed by atoms with Crippen LogP contribution in [0.4, 0.5) is 5.69 Å². The molecule has 2 heterocycles. The monoisotopic (exact) mass is 428 g/mol. The smallest absolute Gasteiger partial charge is 0.164 e. The lowest BCUT2D eigenvalue weighted by molar-refractivity contribution is 0.101. The second-order valence-corrected chi connectivity index (χ2v) is 10.8. The summed E-state index contributed by atoms with van der Waals surface area (Å²) in [5, 5.41) is 0.865. The summed E-state index contributed by atoms with van der Waals surface area (Å²) < 4.78 is 24.3. The maximum Gasteiger partial charge on any atom is 0.164 e. The zero-order valence-corrected chi connectivity index (χ0v) is 18.0. The van der Waals surface area contributed by atoms with Crippen molar-refractivity contribution in [2.45, 2.75) is 31.8 Å². The number of nitrogens with zero attached hydrogens (tertiary/aromatic N) is 2. The number of carbonyl (C=O) groups excluding carboxylic acids is 1. The lowest BCUT2D eigenvalue weighted by Crippen LogP contribution is -2.39. The lowest BCUT2D eigenvalue weighted by atomic mass is 10.1. The summed E-state index contributed by atoms with van der Waals surface area (Å²) in [7, 11) is -3.08. The summed E-state index contributed by atoms with van der Waals surface area (Å²) in [5.74, 6) is 1.12. The largest absolute Gasteiger partial charge is 0.315 e. The molecule has 29 heavy (non-hydrogen) atoms. The van der Waals surface area contributed by atoms with Gasteiger partial charge in [-0.1, -0.05) is 54.2 Å². The van der Waals surface area contributed by atoms with E-state index in [1.54, 1.807) is 24.8 Å². The summed E-state index contributed by atoms with van der Waals surface area (Å²) >= 11 is 1.67. The highest BCUT2D eigenvalue weighted by Gasteiger charge is 2.47. The van der Waals surface area contributed by atoms with Gasteiger partial charge in [0.15, 0.2) is 20.8 Å². The van der Waals surface area contributed by atoms with Crippen LogP contribution in [0.5, 0.6) is 0 Å². The third-order valence-electron chi connectivity index (χ3n) is 5.32. The Hall–Kier alpha value is -2.12. The molecule has 1 saturated heterocycles. The van der Waals surface area contributed by atoms with Crippen LogP contribution < -0.4 is 4.90 Å². The Morgan fingerprint density at radius 1 is 1.14 bits per heavy atom. The molecule has 0 aromatic heterocycles. The molecule has 5 nitrogen and oxygen atoms in total. The number of hydrogen-bond acceptors (Lipinski definition) is 6. The van der Waals surface area contributed by atoms with Crippen molar-refractivity contribution in [3.63, 3.8) is 0 Å². The summed E-state index contributed by atoms with van der Waals surface area (Å²) in [6.45, 7) is 1.54. The van der Waals surface area contributed by atoms with E-state index in [4.69, 9.17) is 4.99 Å². The Morgan fingerprint density at radius 3 is 2.69 bits per heavy atom. The zero-order valence-electron chi connectivity index (χ0n) is 16.3. The Morgan fingerprint density at radius 2 is 1.93 bits per heavy atom. The summed E-state index contributed by atoms with van der Waals surface area (Å²) in [6.07, 6.45) is 2.02. The lowest BCUT2D eigenvalue weighted by Gasteiger charge is -2.26. The number of carbonyl (C=O) groups is 1. The fraction of sp³-hybridized carbons (Fsp3) is 0.364. The zero-order chi connectivity index (χ0) is 20.4. The molecule has 0 spiro atoms. The van der Waals surface area contributed by atoms with Crippen LogP contribution in [0.2, 0.25) is 0 Å². The van der Waals surface area contributed by atoms with Crippen molar-refractivity contribution in [1.29, 1.82) is 0 Å². The molecule has 2 aromatic carbocycles. The Kier molecular flexibility index (Phi) is 5.79. The van der Waals surface area contributed by atoms with Crippen molar-refractivity contribution in [3.8, 4) is 0 Å². The maximum absolute atomic E-state index is 12.2. The van der Waals surface area contributed by atoms with Gasteiger partial charge in [0.2, 0.25) is 0 Å². The number of benzene rings is 2. The van der Waals surface area contributed by atoms with Crippen molar-refractivity contribution in [3.05, 3.63) is 65.7 Å². The van der Waals surface area contributed by atoms with Gasteiger partial charge in [-0.2, -0.15) is 0 Å². The van der Waals surface area contributed by atoms with Crippen LogP contribution in [0.25, 0.3) is 0 Å². The van der Waals surface area contributed by atoms with E-state index >= 15 is 0 Å². The van der Waals surface area contributed by atoms with Gasteiger partial charge in [0, 0.05) is 17.0 Å². The van der Waals surface area contributed by atoms with Gasteiger partial charge in [0.05, 0.1) is 23.6 Å². The molecule has 2 aromatic rings. The number of anilines is 1. The van der Waals surface area contributed by atoms with E-state index in [1.165, 1.54) is 5.56 Å². The van der Waals surface area contributed by atoms with Gasteiger partial charge in [0.1, 0.15) is 0 Å². The van der Waals surface area contributed by atoms with Crippen LogP contribution >= 0.6 is 11.8 Å². The minimum absolute atomic E-state index is 0.00403. The van der Waals surface area contributed by atoms with E-state index in [2.05, 4.69) is 24.3 Å². The molecule has 4 rings (SSSR count). The van der Waals surface area contributed by atoms with Gasteiger partial charge in [-0.05, 0) is 37.5 Å². The van der Waals surface area contributed by atoms with E-state index < -0.39 is 9.84 Å². The van der Waals surface area contributed by atoms with E-state index in [9.17, 15) is 13.2 Å². The minimum atomic E-state index is -3.08. The first-order valence-electron chi connectivity index (χ1n) is 9.78. The molecule has 0 N–H and O–H groups in total. The number of rotatable bonds is 6. The topological polar surface area (TPSA) is 66.8 Å². The van der Waals surface area contributed by atoms with Gasteiger partial charge in [-0.25, -0.2) is 8.42 Å². The van der Waals surface area contributed by atoms with Gasteiger partial charge < -0.3 is 4.90 Å². The van der Waals surface area contributed by atoms with E-state index in [0.29, 0.717) is 5.56 Å². The highest BCUT2D eigenvalue weighted by Crippen LogP contribution is 2.35. The first-order valence-corrected chi connectivity index (χ1v) is 12.6. The number of amidine groups is 1. The standard InChI is InChI=1S/C22H24N2O3S2/c1-16(25)18-10-5-11-19(13-18)24-21-15-29(26,27)14-20(21)23-22(24)28-12-6-9-17-7-3-2-4-8-17/h2-5,7-8,10-11,13,20-21H,6,9,12,14-15H2,1H3/t20-,21-/m1/s1. The highest BCUT2D eigenvalue weighted by molar-refractivity contribution is 8.14. The number of thioether (sulfide) groups is 1. The minimum Gasteiger partial charge on any atom is -0.315 e. The fourth-order valence-corrected chi connectivity index (χ4v) is 6.80. The molecule has 2 atom stereocenters. The second-order valence-electron chi connectivity index (χ2n) is 7.54. The Bertz CT molecular complexity index is 1040. The van der Waals surface area contributed by atoms with Gasteiger partial charge >= 0.3 is 0 Å². The van der Waals surface area contributed by atoms with Gasteiger partial charge in [0.25, 0.3) is 0 Å². The van der Waals surface area contributed by atoms with E-state index in [1.807, 2.05) is 29.2 Å². The third kappa shape index (κ3) is 4.56. The molecule has 7 heteroatoms. The predicted molar refractivity (Wildman–Crippen MR) is 120 cm³/mol. The van der Waals surface area contributed by atoms with Gasteiger partial charge in [-0.15, -0.1) is 0 Å². The third-order valence-corrected chi connectivity index (χ3v) is 8.07. The number of aryl methyl sites for hydroxylation is 1. The maximum atomic E-state index is 12.2. The fourth-order valence-electron chi connectivity index (χ4n) is 3.89. The Balaban J connectivity index is 1.51. The van der Waals surface area contributed by atoms with Crippen molar-refractivity contribution in [2.75, 3.05) is 22.2 Å². The molecule has 0 bridgehead atoms. The van der Waals surface area contributed by atoms with Crippen molar-refractivity contribution in [1.82, 2.24) is 0 Å². The molecule has 0 radical (unpaired) electrons. The Labute approximate surface area is 176 Å². The predicted octanol–water partition coefficient (Wildman–Crippen LogP) is 3.60. The average molecular weight is 429 g/mol. The molecular weight excluding hydrogens is 404 g/mol. The molecule has 0 amide bonds. The SMILES string of the molecule is CC(=O)c1cccc(N2C(SCCCc3ccccc3)=N[C@@H]3CS(=O)(=O)C[C@H]32)c1. The number of Topliss-reactive ketones (excluding diaryl/α,β-unsaturated/α-hetero) is 1. The number of fused-ring (bicyclic) bond motifs is 1.